The number of carbonyl (C=O) groups excluding carboxylic acids is 1. The van der Waals surface area contributed by atoms with Crippen LogP contribution in [0, 0.1) is 6.92 Å². The van der Waals surface area contributed by atoms with Crippen LogP contribution < -0.4 is 21.3 Å². The highest BCUT2D eigenvalue weighted by Crippen LogP contribution is 2.18. The summed E-state index contributed by atoms with van der Waals surface area (Å²) in [5.41, 5.74) is 0.136. The SMILES string of the molecule is COc1ccc(NC(=O)c2cc3c(=O)[nH]c(=O)n(Cc4ccco4)c3nc2C)cc1. The van der Waals surface area contributed by atoms with Crippen molar-refractivity contribution in [3.05, 3.63) is 86.6 Å². The van der Waals surface area contributed by atoms with Gasteiger partial charge in [-0.25, -0.2) is 9.78 Å². The molecule has 0 bridgehead atoms. The first-order chi connectivity index (χ1) is 14.5. The van der Waals surface area contributed by atoms with Crippen LogP contribution in [-0.2, 0) is 6.54 Å². The zero-order chi connectivity index (χ0) is 21.3. The Morgan fingerprint density at radius 1 is 1.23 bits per heavy atom. The highest BCUT2D eigenvalue weighted by atomic mass is 16.5. The number of ether oxygens (including phenoxy) is 1. The molecule has 1 amide bonds. The molecular formula is C21H18N4O5. The van der Waals surface area contributed by atoms with E-state index in [-0.39, 0.29) is 23.1 Å². The summed E-state index contributed by atoms with van der Waals surface area (Å²) in [5.74, 6) is 0.777. The van der Waals surface area contributed by atoms with Gasteiger partial charge in [-0.1, -0.05) is 0 Å². The van der Waals surface area contributed by atoms with E-state index in [1.165, 1.54) is 16.9 Å². The third-order valence-electron chi connectivity index (χ3n) is 4.65. The van der Waals surface area contributed by atoms with E-state index in [9.17, 15) is 14.4 Å². The van der Waals surface area contributed by atoms with E-state index in [2.05, 4.69) is 15.3 Å². The highest BCUT2D eigenvalue weighted by molar-refractivity contribution is 6.06. The molecule has 0 saturated carbocycles. The van der Waals surface area contributed by atoms with Crippen molar-refractivity contribution in [3.8, 4) is 5.75 Å². The molecule has 0 spiro atoms. The van der Waals surface area contributed by atoms with Crippen molar-refractivity contribution in [3.63, 3.8) is 0 Å². The van der Waals surface area contributed by atoms with Gasteiger partial charge in [-0.3, -0.25) is 19.1 Å². The molecule has 0 unspecified atom stereocenters. The summed E-state index contributed by atoms with van der Waals surface area (Å²) < 4.78 is 11.7. The molecule has 0 radical (unpaired) electrons. The average Bonchev–Trinajstić information content (AvgIpc) is 3.24. The molecule has 0 atom stereocenters. The van der Waals surface area contributed by atoms with Crippen LogP contribution in [0.5, 0.6) is 5.75 Å². The molecule has 3 aromatic heterocycles. The van der Waals surface area contributed by atoms with Crippen molar-refractivity contribution in [2.45, 2.75) is 13.5 Å². The molecule has 4 aromatic rings. The number of hydrogen-bond donors (Lipinski definition) is 2. The number of aromatic nitrogens is 3. The van der Waals surface area contributed by atoms with E-state index in [0.717, 1.165) is 0 Å². The van der Waals surface area contributed by atoms with E-state index in [0.29, 0.717) is 22.9 Å². The van der Waals surface area contributed by atoms with E-state index in [1.807, 2.05) is 0 Å². The molecule has 2 N–H and O–H groups in total. The number of nitrogens with one attached hydrogen (secondary N) is 2. The standard InChI is InChI=1S/C21H18N4O5/c1-12-16(19(26)23-13-5-7-14(29-2)8-6-13)10-17-18(22-12)25(21(28)24-20(17)27)11-15-4-3-9-30-15/h3-10H,11H2,1-2H3,(H,23,26)(H,24,27,28). The highest BCUT2D eigenvalue weighted by Gasteiger charge is 2.17. The fourth-order valence-corrected chi connectivity index (χ4v) is 3.10. The number of anilines is 1. The number of furan rings is 1. The van der Waals surface area contributed by atoms with Crippen LogP contribution in [0.2, 0.25) is 0 Å². The van der Waals surface area contributed by atoms with E-state index in [4.69, 9.17) is 9.15 Å². The Labute approximate surface area is 169 Å². The predicted molar refractivity (Wildman–Crippen MR) is 110 cm³/mol. The number of carbonyl (C=O) groups is 1. The maximum Gasteiger partial charge on any atom is 0.330 e. The Bertz CT molecular complexity index is 1340. The van der Waals surface area contributed by atoms with E-state index >= 15 is 0 Å². The molecule has 9 heteroatoms. The Morgan fingerprint density at radius 2 is 2.00 bits per heavy atom. The molecule has 0 aliphatic rings. The lowest BCUT2D eigenvalue weighted by Gasteiger charge is -2.12. The number of pyridine rings is 1. The van der Waals surface area contributed by atoms with Crippen LogP contribution in [-0.4, -0.2) is 27.6 Å². The van der Waals surface area contributed by atoms with Crippen LogP contribution in [0.3, 0.4) is 0 Å². The summed E-state index contributed by atoms with van der Waals surface area (Å²) in [7, 11) is 1.56. The van der Waals surface area contributed by atoms with Crippen molar-refractivity contribution < 1.29 is 13.9 Å². The van der Waals surface area contributed by atoms with Crippen LogP contribution in [0.15, 0.2) is 62.7 Å². The topological polar surface area (TPSA) is 119 Å². The van der Waals surface area contributed by atoms with Crippen molar-refractivity contribution in [2.75, 3.05) is 12.4 Å². The normalized spacial score (nSPS) is 10.9. The van der Waals surface area contributed by atoms with Crippen molar-refractivity contribution >= 4 is 22.6 Å². The molecule has 0 saturated heterocycles. The first-order valence-electron chi connectivity index (χ1n) is 9.08. The lowest BCUT2D eigenvalue weighted by Crippen LogP contribution is -2.31. The second kappa shape index (κ2) is 7.70. The lowest BCUT2D eigenvalue weighted by atomic mass is 10.1. The van der Waals surface area contributed by atoms with Gasteiger partial charge in [0.05, 0.1) is 36.6 Å². The number of methoxy groups -OCH3 is 1. The number of aryl methyl sites for hydroxylation is 1. The van der Waals surface area contributed by atoms with Crippen molar-refractivity contribution in [1.29, 1.82) is 0 Å². The monoisotopic (exact) mass is 406 g/mol. The summed E-state index contributed by atoms with van der Waals surface area (Å²) in [4.78, 5) is 44.2. The Morgan fingerprint density at radius 3 is 2.67 bits per heavy atom. The number of rotatable bonds is 5. The van der Waals surface area contributed by atoms with Crippen LogP contribution in [0.1, 0.15) is 21.8 Å². The number of hydrogen-bond acceptors (Lipinski definition) is 6. The van der Waals surface area contributed by atoms with Gasteiger partial charge >= 0.3 is 5.69 Å². The van der Waals surface area contributed by atoms with E-state index < -0.39 is 17.2 Å². The summed E-state index contributed by atoms with van der Waals surface area (Å²) in [6.45, 7) is 1.74. The molecule has 4 rings (SSSR count). The molecule has 152 valence electrons. The second-order valence-corrected chi connectivity index (χ2v) is 6.60. The van der Waals surface area contributed by atoms with Gasteiger partial charge in [-0.2, -0.15) is 0 Å². The number of fused-ring (bicyclic) bond motifs is 1. The molecule has 0 fully saturated rings. The van der Waals surface area contributed by atoms with Crippen LogP contribution >= 0.6 is 0 Å². The maximum atomic E-state index is 12.8. The molecule has 0 aliphatic heterocycles. The third kappa shape index (κ3) is 3.60. The Kier molecular flexibility index (Phi) is 4.93. The Balaban J connectivity index is 1.74. The Hall–Kier alpha value is -4.14. The van der Waals surface area contributed by atoms with Crippen LogP contribution in [0.25, 0.3) is 11.0 Å². The zero-order valence-corrected chi connectivity index (χ0v) is 16.3. The van der Waals surface area contributed by atoms with E-state index in [1.54, 1.807) is 50.4 Å². The summed E-state index contributed by atoms with van der Waals surface area (Å²) in [5, 5.41) is 2.90. The second-order valence-electron chi connectivity index (χ2n) is 6.60. The third-order valence-corrected chi connectivity index (χ3v) is 4.65. The predicted octanol–water partition coefficient (Wildman–Crippen LogP) is 2.30. The zero-order valence-electron chi connectivity index (χ0n) is 16.3. The van der Waals surface area contributed by atoms with Gasteiger partial charge in [0.2, 0.25) is 0 Å². The van der Waals surface area contributed by atoms with Gasteiger partial charge in [0.1, 0.15) is 17.2 Å². The quantitative estimate of drug-likeness (QED) is 0.525. The molecular weight excluding hydrogens is 388 g/mol. The largest absolute Gasteiger partial charge is 0.497 e. The average molecular weight is 406 g/mol. The number of H-pyrrole nitrogens is 1. The van der Waals surface area contributed by atoms with Gasteiger partial charge in [0.15, 0.2) is 0 Å². The van der Waals surface area contributed by atoms with Gasteiger partial charge in [-0.15, -0.1) is 0 Å². The number of benzene rings is 1. The number of aromatic amines is 1. The van der Waals surface area contributed by atoms with Crippen molar-refractivity contribution in [2.24, 2.45) is 0 Å². The summed E-state index contributed by atoms with van der Waals surface area (Å²) in [6, 6.07) is 11.7. The summed E-state index contributed by atoms with van der Waals surface area (Å²) in [6.07, 6.45) is 1.49. The fraction of sp³-hybridized carbons (Fsp3) is 0.143. The minimum Gasteiger partial charge on any atom is -0.497 e. The number of nitrogens with zero attached hydrogens (tertiary/aromatic N) is 2. The van der Waals surface area contributed by atoms with Gasteiger partial charge in [-0.05, 0) is 49.4 Å². The molecule has 30 heavy (non-hydrogen) atoms. The first kappa shape index (κ1) is 19.2. The van der Waals surface area contributed by atoms with Gasteiger partial charge < -0.3 is 14.5 Å². The van der Waals surface area contributed by atoms with Crippen LogP contribution in [0.4, 0.5) is 5.69 Å². The molecule has 9 nitrogen and oxygen atoms in total. The minimum atomic E-state index is -0.614. The van der Waals surface area contributed by atoms with Gasteiger partial charge in [0.25, 0.3) is 11.5 Å². The lowest BCUT2D eigenvalue weighted by molar-refractivity contribution is 0.102. The smallest absolute Gasteiger partial charge is 0.330 e. The summed E-state index contributed by atoms with van der Waals surface area (Å²) >= 11 is 0. The minimum absolute atomic E-state index is 0.100. The first-order valence-corrected chi connectivity index (χ1v) is 9.08. The van der Waals surface area contributed by atoms with Gasteiger partial charge in [0, 0.05) is 5.69 Å². The number of amides is 1. The molecule has 1 aromatic carbocycles. The fourth-order valence-electron chi connectivity index (χ4n) is 3.10. The molecule has 3 heterocycles. The molecule has 0 aliphatic carbocycles. The van der Waals surface area contributed by atoms with Crippen molar-refractivity contribution in [1.82, 2.24) is 14.5 Å². The maximum absolute atomic E-state index is 12.8.